The fourth-order valence-electron chi connectivity index (χ4n) is 1.93. The Kier molecular flexibility index (Phi) is 4.19. The van der Waals surface area contributed by atoms with E-state index in [4.69, 9.17) is 18.0 Å². The summed E-state index contributed by atoms with van der Waals surface area (Å²) in [6, 6.07) is 5.88. The van der Waals surface area contributed by atoms with E-state index in [1.807, 2.05) is 18.2 Å². The van der Waals surface area contributed by atoms with Crippen molar-refractivity contribution in [3.05, 3.63) is 28.2 Å². The van der Waals surface area contributed by atoms with Crippen LogP contribution in [0.3, 0.4) is 0 Å². The standard InChI is InChI=1S/C12H14BrN3OS/c13-10-7-8(1-2-9(10)12(14)18)16-5-3-11(17)15-4-6-16/h1-2,7H,3-6H2,(H2,14,18)(H,15,17). The molecule has 0 atom stereocenters. The fraction of sp³-hybridized carbons (Fsp3) is 0.333. The molecule has 0 spiro atoms. The average Bonchev–Trinajstić information content (AvgIpc) is 2.53. The Hall–Kier alpha value is -1.14. The van der Waals surface area contributed by atoms with Gasteiger partial charge in [0.1, 0.15) is 4.99 Å². The molecule has 4 nitrogen and oxygen atoms in total. The lowest BCUT2D eigenvalue weighted by Gasteiger charge is -2.22. The van der Waals surface area contributed by atoms with Gasteiger partial charge in [0.15, 0.2) is 0 Å². The van der Waals surface area contributed by atoms with E-state index in [0.29, 0.717) is 18.0 Å². The third-order valence-corrected chi connectivity index (χ3v) is 3.77. The normalized spacial score (nSPS) is 16.1. The van der Waals surface area contributed by atoms with E-state index in [1.165, 1.54) is 0 Å². The predicted molar refractivity (Wildman–Crippen MR) is 79.9 cm³/mol. The largest absolute Gasteiger partial charge is 0.389 e. The lowest BCUT2D eigenvalue weighted by atomic mass is 10.2. The molecule has 1 heterocycles. The first-order chi connectivity index (χ1) is 8.58. The first kappa shape index (κ1) is 13.3. The highest BCUT2D eigenvalue weighted by atomic mass is 79.9. The quantitative estimate of drug-likeness (QED) is 0.806. The van der Waals surface area contributed by atoms with Gasteiger partial charge in [-0.25, -0.2) is 0 Å². The SMILES string of the molecule is NC(=S)c1ccc(N2CCNC(=O)CC2)cc1Br. The van der Waals surface area contributed by atoms with Crippen molar-refractivity contribution in [3.8, 4) is 0 Å². The lowest BCUT2D eigenvalue weighted by molar-refractivity contribution is -0.120. The summed E-state index contributed by atoms with van der Waals surface area (Å²) in [5, 5.41) is 2.86. The molecule has 1 aliphatic heterocycles. The molecule has 3 N–H and O–H groups in total. The lowest BCUT2D eigenvalue weighted by Crippen LogP contribution is -2.28. The van der Waals surface area contributed by atoms with Gasteiger partial charge in [0.25, 0.3) is 0 Å². The monoisotopic (exact) mass is 327 g/mol. The molecule has 1 saturated heterocycles. The van der Waals surface area contributed by atoms with Crippen molar-refractivity contribution in [1.29, 1.82) is 0 Å². The zero-order chi connectivity index (χ0) is 13.1. The van der Waals surface area contributed by atoms with Gasteiger partial charge >= 0.3 is 0 Å². The summed E-state index contributed by atoms with van der Waals surface area (Å²) in [5.41, 5.74) is 7.52. The second-order valence-electron chi connectivity index (χ2n) is 4.12. The van der Waals surface area contributed by atoms with Crippen LogP contribution < -0.4 is 16.0 Å². The van der Waals surface area contributed by atoms with E-state index in [9.17, 15) is 4.79 Å². The van der Waals surface area contributed by atoms with Crippen molar-refractivity contribution >= 4 is 44.7 Å². The van der Waals surface area contributed by atoms with Gasteiger partial charge in [-0.2, -0.15) is 0 Å². The van der Waals surface area contributed by atoms with Crippen LogP contribution in [-0.4, -0.2) is 30.5 Å². The molecule has 1 fully saturated rings. The Morgan fingerprint density at radius 1 is 1.44 bits per heavy atom. The molecule has 18 heavy (non-hydrogen) atoms. The van der Waals surface area contributed by atoms with Crippen LogP contribution in [0.1, 0.15) is 12.0 Å². The number of amides is 1. The number of hydrogen-bond donors (Lipinski definition) is 2. The zero-order valence-corrected chi connectivity index (χ0v) is 12.2. The molecule has 0 aromatic heterocycles. The molecule has 1 aromatic carbocycles. The Bertz CT molecular complexity index is 492. The van der Waals surface area contributed by atoms with Gasteiger partial charge in [-0.15, -0.1) is 0 Å². The summed E-state index contributed by atoms with van der Waals surface area (Å²) in [6.45, 7) is 2.21. The maximum absolute atomic E-state index is 11.3. The molecular weight excluding hydrogens is 314 g/mol. The Morgan fingerprint density at radius 3 is 2.89 bits per heavy atom. The van der Waals surface area contributed by atoms with Crippen molar-refractivity contribution < 1.29 is 4.79 Å². The van der Waals surface area contributed by atoms with E-state index in [0.717, 1.165) is 28.8 Å². The van der Waals surface area contributed by atoms with Crippen LogP contribution in [-0.2, 0) is 4.79 Å². The number of hydrogen-bond acceptors (Lipinski definition) is 3. The van der Waals surface area contributed by atoms with Gasteiger partial charge < -0.3 is 16.0 Å². The number of rotatable bonds is 2. The third-order valence-electron chi connectivity index (χ3n) is 2.90. The number of halogens is 1. The average molecular weight is 328 g/mol. The van der Waals surface area contributed by atoms with Gasteiger partial charge in [-0.3, -0.25) is 4.79 Å². The minimum Gasteiger partial charge on any atom is -0.389 e. The number of carbonyl (C=O) groups excluding carboxylic acids is 1. The van der Waals surface area contributed by atoms with Crippen molar-refractivity contribution in [1.82, 2.24) is 5.32 Å². The topological polar surface area (TPSA) is 58.4 Å². The summed E-state index contributed by atoms with van der Waals surface area (Å²) in [7, 11) is 0. The first-order valence-electron chi connectivity index (χ1n) is 5.69. The highest BCUT2D eigenvalue weighted by molar-refractivity contribution is 9.10. The summed E-state index contributed by atoms with van der Waals surface area (Å²) in [5.74, 6) is 0.108. The molecule has 6 heteroatoms. The number of anilines is 1. The maximum atomic E-state index is 11.3. The smallest absolute Gasteiger partial charge is 0.221 e. The molecule has 0 saturated carbocycles. The number of nitrogens with one attached hydrogen (secondary N) is 1. The minimum atomic E-state index is 0.108. The van der Waals surface area contributed by atoms with Crippen LogP contribution in [0.2, 0.25) is 0 Å². The van der Waals surface area contributed by atoms with Crippen LogP contribution in [0, 0.1) is 0 Å². The van der Waals surface area contributed by atoms with Crippen LogP contribution >= 0.6 is 28.1 Å². The number of nitrogens with two attached hydrogens (primary N) is 1. The van der Waals surface area contributed by atoms with Gasteiger partial charge in [0.05, 0.1) is 0 Å². The fourth-order valence-corrected chi connectivity index (χ4v) is 2.82. The second-order valence-corrected chi connectivity index (χ2v) is 5.41. The van der Waals surface area contributed by atoms with Crippen LogP contribution in [0.15, 0.2) is 22.7 Å². The highest BCUT2D eigenvalue weighted by Crippen LogP contribution is 2.24. The Balaban J connectivity index is 2.20. The second kappa shape index (κ2) is 5.67. The molecule has 1 amide bonds. The highest BCUT2D eigenvalue weighted by Gasteiger charge is 2.15. The zero-order valence-electron chi connectivity index (χ0n) is 9.78. The molecular formula is C12H14BrN3OS. The van der Waals surface area contributed by atoms with Gasteiger partial charge in [-0.1, -0.05) is 12.2 Å². The number of benzene rings is 1. The molecule has 0 unspecified atom stereocenters. The minimum absolute atomic E-state index is 0.108. The molecule has 1 aromatic rings. The van der Waals surface area contributed by atoms with Crippen molar-refractivity contribution in [2.24, 2.45) is 5.73 Å². The van der Waals surface area contributed by atoms with Crippen LogP contribution in [0.25, 0.3) is 0 Å². The molecule has 96 valence electrons. The summed E-state index contributed by atoms with van der Waals surface area (Å²) in [6.07, 6.45) is 0.522. The first-order valence-corrected chi connectivity index (χ1v) is 6.89. The third kappa shape index (κ3) is 3.00. The van der Waals surface area contributed by atoms with E-state index in [-0.39, 0.29) is 5.91 Å². The molecule has 1 aliphatic rings. The van der Waals surface area contributed by atoms with Crippen molar-refractivity contribution in [3.63, 3.8) is 0 Å². The van der Waals surface area contributed by atoms with E-state index >= 15 is 0 Å². The Labute approximate surface area is 120 Å². The predicted octanol–water partition coefficient (Wildman–Crippen LogP) is 1.41. The molecule has 0 bridgehead atoms. The molecule has 0 aliphatic carbocycles. The maximum Gasteiger partial charge on any atom is 0.221 e. The van der Waals surface area contributed by atoms with Crippen LogP contribution in [0.4, 0.5) is 5.69 Å². The number of thiocarbonyl (C=S) groups is 1. The van der Waals surface area contributed by atoms with Crippen molar-refractivity contribution in [2.45, 2.75) is 6.42 Å². The van der Waals surface area contributed by atoms with Gasteiger partial charge in [-0.05, 0) is 34.1 Å². The summed E-state index contributed by atoms with van der Waals surface area (Å²) in [4.78, 5) is 13.8. The molecule has 0 radical (unpaired) electrons. The van der Waals surface area contributed by atoms with Gasteiger partial charge in [0, 0.05) is 41.8 Å². The summed E-state index contributed by atoms with van der Waals surface area (Å²) >= 11 is 8.43. The van der Waals surface area contributed by atoms with E-state index < -0.39 is 0 Å². The van der Waals surface area contributed by atoms with E-state index in [2.05, 4.69) is 26.1 Å². The number of nitrogens with zero attached hydrogens (tertiary/aromatic N) is 1. The van der Waals surface area contributed by atoms with Gasteiger partial charge in [0.2, 0.25) is 5.91 Å². The van der Waals surface area contributed by atoms with Crippen molar-refractivity contribution in [2.75, 3.05) is 24.5 Å². The van der Waals surface area contributed by atoms with Crippen LogP contribution in [0.5, 0.6) is 0 Å². The number of carbonyl (C=O) groups is 1. The molecule has 2 rings (SSSR count). The summed E-state index contributed by atoms with van der Waals surface area (Å²) < 4.78 is 0.885. The Morgan fingerprint density at radius 2 is 2.22 bits per heavy atom. The van der Waals surface area contributed by atoms with E-state index in [1.54, 1.807) is 0 Å².